The lowest BCUT2D eigenvalue weighted by molar-refractivity contribution is -0.143. The number of ether oxygens (including phenoxy) is 2. The van der Waals surface area contributed by atoms with E-state index in [-0.39, 0.29) is 49.8 Å². The van der Waals surface area contributed by atoms with Crippen LogP contribution in [0.1, 0.15) is 68.2 Å². The van der Waals surface area contributed by atoms with Crippen molar-refractivity contribution in [3.05, 3.63) is 58.1 Å². The van der Waals surface area contributed by atoms with Gasteiger partial charge in [-0.15, -0.1) is 0 Å². The minimum absolute atomic E-state index is 0.116. The van der Waals surface area contributed by atoms with E-state index in [9.17, 15) is 19.5 Å². The highest BCUT2D eigenvalue weighted by atomic mass is 35.5. The van der Waals surface area contributed by atoms with Crippen molar-refractivity contribution in [1.82, 2.24) is 9.80 Å². The molecule has 2 amide bonds. The van der Waals surface area contributed by atoms with Gasteiger partial charge < -0.3 is 14.6 Å². The van der Waals surface area contributed by atoms with Gasteiger partial charge in [0.2, 0.25) is 11.8 Å². The number of rotatable bonds is 12. The van der Waals surface area contributed by atoms with Crippen LogP contribution in [0.25, 0.3) is 0 Å². The first kappa shape index (κ1) is 29.9. The summed E-state index contributed by atoms with van der Waals surface area (Å²) in [6.07, 6.45) is 3.77. The van der Waals surface area contributed by atoms with E-state index < -0.39 is 5.97 Å². The molecule has 0 aromatic heterocycles. The smallest absolute Gasteiger partial charge is 0.306 e. The number of aliphatic carboxylic acids is 1. The van der Waals surface area contributed by atoms with Gasteiger partial charge in [-0.25, -0.2) is 0 Å². The van der Waals surface area contributed by atoms with Crippen molar-refractivity contribution in [3.63, 3.8) is 0 Å². The van der Waals surface area contributed by atoms with Crippen molar-refractivity contribution in [3.8, 4) is 11.5 Å². The van der Waals surface area contributed by atoms with Gasteiger partial charge in [-0.05, 0) is 80.3 Å². The molecule has 216 valence electrons. The molecule has 1 atom stereocenters. The van der Waals surface area contributed by atoms with Gasteiger partial charge in [0.05, 0.1) is 19.6 Å². The van der Waals surface area contributed by atoms with Crippen LogP contribution in [-0.4, -0.2) is 59.5 Å². The number of hydrogen-bond donors (Lipinski definition) is 1. The van der Waals surface area contributed by atoms with Crippen molar-refractivity contribution in [2.75, 3.05) is 26.8 Å². The molecule has 0 spiro atoms. The minimum Gasteiger partial charge on any atom is -0.493 e. The summed E-state index contributed by atoms with van der Waals surface area (Å²) in [5, 5.41) is 10.2. The van der Waals surface area contributed by atoms with E-state index in [1.54, 1.807) is 7.11 Å². The van der Waals surface area contributed by atoms with E-state index in [0.717, 1.165) is 48.4 Å². The first-order valence-electron chi connectivity index (χ1n) is 14.0. The highest BCUT2D eigenvalue weighted by Crippen LogP contribution is 2.34. The largest absolute Gasteiger partial charge is 0.493 e. The van der Waals surface area contributed by atoms with Crippen molar-refractivity contribution < 1.29 is 29.0 Å². The first-order chi connectivity index (χ1) is 19.2. The van der Waals surface area contributed by atoms with E-state index >= 15 is 0 Å². The van der Waals surface area contributed by atoms with Gasteiger partial charge in [0, 0.05) is 37.0 Å². The maximum Gasteiger partial charge on any atom is 0.306 e. The third-order valence-electron chi connectivity index (χ3n) is 8.24. The molecule has 1 aliphatic carbocycles. The lowest BCUT2D eigenvalue weighted by atomic mass is 9.81. The molecule has 0 radical (unpaired) electrons. The first-order valence-corrected chi connectivity index (χ1v) is 14.4. The second kappa shape index (κ2) is 13.5. The number of carboxylic acid groups (broad SMARTS) is 1. The average molecular weight is 571 g/mol. The Morgan fingerprint density at radius 1 is 1.07 bits per heavy atom. The zero-order chi connectivity index (χ0) is 28.8. The van der Waals surface area contributed by atoms with Crippen LogP contribution in [0.2, 0.25) is 5.02 Å². The van der Waals surface area contributed by atoms with Crippen molar-refractivity contribution >= 4 is 29.4 Å². The van der Waals surface area contributed by atoms with Gasteiger partial charge in [0.1, 0.15) is 6.61 Å². The quantitative estimate of drug-likeness (QED) is 0.330. The number of aryl methyl sites for hydroxylation is 1. The molecule has 2 aliphatic rings. The average Bonchev–Trinajstić information content (AvgIpc) is 3.27. The Morgan fingerprint density at radius 2 is 1.77 bits per heavy atom. The number of carbonyl (C=O) groups excluding carboxylic acids is 2. The van der Waals surface area contributed by atoms with Crippen LogP contribution in [0.3, 0.4) is 0 Å². The van der Waals surface area contributed by atoms with E-state index in [1.165, 1.54) is 10.5 Å². The van der Waals surface area contributed by atoms with E-state index in [4.69, 9.17) is 21.1 Å². The highest BCUT2D eigenvalue weighted by molar-refractivity contribution is 6.31. The highest BCUT2D eigenvalue weighted by Gasteiger charge is 2.30. The van der Waals surface area contributed by atoms with Gasteiger partial charge in [-0.3, -0.25) is 24.2 Å². The lowest BCUT2D eigenvalue weighted by Crippen LogP contribution is -2.34. The number of halogens is 1. The standard InChI is InChI=1S/C31H39ClN2O6/c1-20-16-25(9-10-26(20)32)21(2)33(18-22-4-7-24(8-5-22)31(37)38)19-23-6-11-27(28(17-23)39-3)40-15-14-34-29(35)12-13-30(34)36/h6,9-11,16-17,21-22,24H,4-5,7-8,12-15,18-19H2,1-3H3,(H,37,38)/t21-,22?,24?/m0/s1. The number of hydrogen-bond acceptors (Lipinski definition) is 6. The van der Waals surface area contributed by atoms with E-state index in [0.29, 0.717) is 24.0 Å². The van der Waals surface area contributed by atoms with Crippen LogP contribution in [0.4, 0.5) is 0 Å². The number of methoxy groups -OCH3 is 1. The summed E-state index contributed by atoms with van der Waals surface area (Å²) in [6.45, 7) is 6.16. The van der Waals surface area contributed by atoms with Crippen molar-refractivity contribution in [2.45, 2.75) is 65.0 Å². The predicted molar refractivity (Wildman–Crippen MR) is 153 cm³/mol. The molecule has 1 saturated carbocycles. The molecule has 2 aromatic rings. The third-order valence-corrected chi connectivity index (χ3v) is 8.67. The molecular weight excluding hydrogens is 532 g/mol. The molecule has 0 bridgehead atoms. The third kappa shape index (κ3) is 7.34. The second-order valence-electron chi connectivity index (χ2n) is 10.9. The fraction of sp³-hybridized carbons (Fsp3) is 0.516. The summed E-state index contributed by atoms with van der Waals surface area (Å²) in [5.74, 6) is 0.341. The Morgan fingerprint density at radius 3 is 2.40 bits per heavy atom. The second-order valence-corrected chi connectivity index (χ2v) is 11.3. The molecule has 1 aliphatic heterocycles. The van der Waals surface area contributed by atoms with E-state index in [2.05, 4.69) is 24.0 Å². The van der Waals surface area contributed by atoms with Crippen LogP contribution in [-0.2, 0) is 20.9 Å². The number of carboxylic acids is 1. The summed E-state index contributed by atoms with van der Waals surface area (Å²) in [7, 11) is 1.59. The number of benzene rings is 2. The Labute approximate surface area is 241 Å². The summed E-state index contributed by atoms with van der Waals surface area (Å²) in [4.78, 5) is 38.9. The molecule has 1 N–H and O–H groups in total. The zero-order valence-corrected chi connectivity index (χ0v) is 24.3. The molecule has 8 nitrogen and oxygen atoms in total. The van der Waals surface area contributed by atoms with E-state index in [1.807, 2.05) is 31.2 Å². The van der Waals surface area contributed by atoms with Crippen molar-refractivity contribution in [2.24, 2.45) is 11.8 Å². The van der Waals surface area contributed by atoms with Crippen LogP contribution in [0, 0.1) is 18.8 Å². The number of nitrogens with zero attached hydrogens (tertiary/aromatic N) is 2. The maximum atomic E-state index is 11.9. The van der Waals surface area contributed by atoms with Gasteiger partial charge in [-0.1, -0.05) is 29.8 Å². The number of likely N-dealkylation sites (tertiary alicyclic amines) is 1. The van der Waals surface area contributed by atoms with Crippen LogP contribution < -0.4 is 9.47 Å². The summed E-state index contributed by atoms with van der Waals surface area (Å²) in [5.41, 5.74) is 3.28. The van der Waals surface area contributed by atoms with Gasteiger partial charge >= 0.3 is 5.97 Å². The maximum absolute atomic E-state index is 11.9. The monoisotopic (exact) mass is 570 g/mol. The molecule has 0 unspecified atom stereocenters. The molecule has 4 rings (SSSR count). The molecule has 40 heavy (non-hydrogen) atoms. The molecule has 1 heterocycles. The minimum atomic E-state index is -0.687. The van der Waals surface area contributed by atoms with Crippen LogP contribution in [0.5, 0.6) is 11.5 Å². The lowest BCUT2D eigenvalue weighted by Gasteiger charge is -2.35. The Kier molecular flexibility index (Phi) is 10.1. The number of imide groups is 1. The number of carbonyl (C=O) groups is 3. The van der Waals surface area contributed by atoms with Crippen LogP contribution >= 0.6 is 11.6 Å². The fourth-order valence-electron chi connectivity index (χ4n) is 5.71. The van der Waals surface area contributed by atoms with Gasteiger partial charge in [-0.2, -0.15) is 0 Å². The number of amides is 2. The Bertz CT molecular complexity index is 1210. The normalized spacial score (nSPS) is 20.2. The SMILES string of the molecule is COc1cc(CN(CC2CCC(C(=O)O)CC2)[C@@H](C)c2ccc(Cl)c(C)c2)ccc1OCCN1C(=O)CCC1=O. The Hall–Kier alpha value is -3.10. The molecular formula is C31H39ClN2O6. The van der Waals surface area contributed by atoms with Gasteiger partial charge in [0.25, 0.3) is 0 Å². The molecule has 2 aromatic carbocycles. The zero-order valence-electron chi connectivity index (χ0n) is 23.5. The summed E-state index contributed by atoms with van der Waals surface area (Å²) in [6, 6.07) is 12.1. The van der Waals surface area contributed by atoms with Gasteiger partial charge in [0.15, 0.2) is 11.5 Å². The molecule has 1 saturated heterocycles. The van der Waals surface area contributed by atoms with Crippen LogP contribution in [0.15, 0.2) is 36.4 Å². The molecule has 9 heteroatoms. The summed E-state index contributed by atoms with van der Waals surface area (Å²) >= 11 is 6.30. The predicted octanol–water partition coefficient (Wildman–Crippen LogP) is 5.64. The topological polar surface area (TPSA) is 96.4 Å². The molecule has 2 fully saturated rings. The Balaban J connectivity index is 1.47. The summed E-state index contributed by atoms with van der Waals surface area (Å²) < 4.78 is 11.5. The van der Waals surface area contributed by atoms with Crippen molar-refractivity contribution in [1.29, 1.82) is 0 Å². The fourth-order valence-corrected chi connectivity index (χ4v) is 5.82.